The molecule has 0 amide bonds. The Labute approximate surface area is 107 Å². The number of benzene rings is 2. The normalized spacial score (nSPS) is 11.6. The number of esters is 1. The van der Waals surface area contributed by atoms with Crippen LogP contribution in [-0.2, 0) is 9.53 Å². The maximum atomic E-state index is 11.3. The zero-order valence-electron chi connectivity index (χ0n) is 10.6. The molecule has 0 aliphatic carbocycles. The quantitative estimate of drug-likeness (QED) is 0.602. The average molecular weight is 240 g/mol. The van der Waals surface area contributed by atoms with Crippen molar-refractivity contribution in [3.8, 4) is 0 Å². The molecular formula is C16H16O2. The SMILES string of the molecule is CC/C(=C/C(=O)OC)c1ccc2ccccc2c1. The lowest BCUT2D eigenvalue weighted by Gasteiger charge is -2.06. The summed E-state index contributed by atoms with van der Waals surface area (Å²) in [6, 6.07) is 14.4. The number of carbonyl (C=O) groups is 1. The van der Waals surface area contributed by atoms with Crippen LogP contribution in [0, 0.1) is 0 Å². The molecule has 0 radical (unpaired) electrons. The Hall–Kier alpha value is -2.09. The molecule has 92 valence electrons. The van der Waals surface area contributed by atoms with E-state index in [0.29, 0.717) is 0 Å². The fraction of sp³-hybridized carbons (Fsp3) is 0.188. The molecule has 0 fully saturated rings. The number of hydrogen-bond donors (Lipinski definition) is 0. The van der Waals surface area contributed by atoms with Gasteiger partial charge in [-0.15, -0.1) is 0 Å². The second kappa shape index (κ2) is 5.50. The van der Waals surface area contributed by atoms with Crippen molar-refractivity contribution in [2.45, 2.75) is 13.3 Å². The van der Waals surface area contributed by atoms with E-state index in [1.165, 1.54) is 17.9 Å². The molecular weight excluding hydrogens is 224 g/mol. The number of ether oxygens (including phenoxy) is 1. The number of carbonyl (C=O) groups excluding carboxylic acids is 1. The molecule has 18 heavy (non-hydrogen) atoms. The van der Waals surface area contributed by atoms with Crippen molar-refractivity contribution in [1.29, 1.82) is 0 Å². The molecule has 0 aliphatic heterocycles. The van der Waals surface area contributed by atoms with Gasteiger partial charge in [0.15, 0.2) is 0 Å². The Bertz CT molecular complexity index is 597. The van der Waals surface area contributed by atoms with E-state index in [2.05, 4.69) is 29.0 Å². The minimum absolute atomic E-state index is 0.306. The summed E-state index contributed by atoms with van der Waals surface area (Å²) < 4.78 is 4.68. The molecule has 2 aromatic rings. The van der Waals surface area contributed by atoms with E-state index in [1.54, 1.807) is 6.08 Å². The van der Waals surface area contributed by atoms with Crippen LogP contribution >= 0.6 is 0 Å². The molecule has 2 heteroatoms. The van der Waals surface area contributed by atoms with E-state index < -0.39 is 0 Å². The van der Waals surface area contributed by atoms with Crippen LogP contribution in [0.3, 0.4) is 0 Å². The van der Waals surface area contributed by atoms with E-state index in [4.69, 9.17) is 0 Å². The largest absolute Gasteiger partial charge is 0.466 e. The fourth-order valence-corrected chi connectivity index (χ4v) is 1.98. The fourth-order valence-electron chi connectivity index (χ4n) is 1.98. The molecule has 2 aromatic carbocycles. The van der Waals surface area contributed by atoms with Crippen molar-refractivity contribution in [2.75, 3.05) is 7.11 Å². The third-order valence-electron chi connectivity index (χ3n) is 2.99. The van der Waals surface area contributed by atoms with Crippen LogP contribution in [-0.4, -0.2) is 13.1 Å². The zero-order valence-corrected chi connectivity index (χ0v) is 10.6. The summed E-state index contributed by atoms with van der Waals surface area (Å²) in [5.74, 6) is -0.306. The molecule has 0 aliphatic rings. The molecule has 2 nitrogen and oxygen atoms in total. The highest BCUT2D eigenvalue weighted by molar-refractivity contribution is 5.93. The highest BCUT2D eigenvalue weighted by atomic mass is 16.5. The van der Waals surface area contributed by atoms with Crippen molar-refractivity contribution in [3.05, 3.63) is 54.1 Å². The molecule has 0 spiro atoms. The number of methoxy groups -OCH3 is 1. The van der Waals surface area contributed by atoms with E-state index in [9.17, 15) is 4.79 Å². The number of allylic oxidation sites excluding steroid dienone is 1. The Morgan fingerprint density at radius 2 is 1.89 bits per heavy atom. The average Bonchev–Trinajstić information content (AvgIpc) is 2.44. The summed E-state index contributed by atoms with van der Waals surface area (Å²) in [6.07, 6.45) is 2.36. The zero-order chi connectivity index (χ0) is 13.0. The van der Waals surface area contributed by atoms with Gasteiger partial charge in [-0.3, -0.25) is 0 Å². The molecule has 0 bridgehead atoms. The van der Waals surface area contributed by atoms with Gasteiger partial charge in [-0.1, -0.05) is 43.3 Å². The third kappa shape index (κ3) is 2.59. The molecule has 0 atom stereocenters. The summed E-state index contributed by atoms with van der Waals surface area (Å²) in [4.78, 5) is 11.3. The summed E-state index contributed by atoms with van der Waals surface area (Å²) in [7, 11) is 1.40. The first kappa shape index (κ1) is 12.4. The lowest BCUT2D eigenvalue weighted by molar-refractivity contribution is -0.134. The smallest absolute Gasteiger partial charge is 0.330 e. The Morgan fingerprint density at radius 1 is 1.17 bits per heavy atom. The molecule has 0 saturated carbocycles. The van der Waals surface area contributed by atoms with Crippen LogP contribution in [0.15, 0.2) is 48.5 Å². The summed E-state index contributed by atoms with van der Waals surface area (Å²) >= 11 is 0. The number of fused-ring (bicyclic) bond motifs is 1. The number of hydrogen-bond acceptors (Lipinski definition) is 2. The van der Waals surface area contributed by atoms with Gasteiger partial charge in [-0.25, -0.2) is 4.79 Å². The maximum absolute atomic E-state index is 11.3. The van der Waals surface area contributed by atoms with Crippen LogP contribution in [0.5, 0.6) is 0 Å². The summed E-state index contributed by atoms with van der Waals surface area (Å²) in [5, 5.41) is 2.38. The third-order valence-corrected chi connectivity index (χ3v) is 2.99. The highest BCUT2D eigenvalue weighted by Crippen LogP contribution is 2.23. The van der Waals surface area contributed by atoms with E-state index in [0.717, 1.165) is 17.6 Å². The topological polar surface area (TPSA) is 26.3 Å². The monoisotopic (exact) mass is 240 g/mol. The second-order valence-corrected chi connectivity index (χ2v) is 4.11. The van der Waals surface area contributed by atoms with Crippen molar-refractivity contribution >= 4 is 22.3 Å². The predicted molar refractivity (Wildman–Crippen MR) is 74.2 cm³/mol. The van der Waals surface area contributed by atoms with E-state index in [1.807, 2.05) is 25.1 Å². The van der Waals surface area contributed by atoms with Crippen LogP contribution in [0.25, 0.3) is 16.3 Å². The van der Waals surface area contributed by atoms with Crippen LogP contribution < -0.4 is 0 Å². The van der Waals surface area contributed by atoms with Crippen LogP contribution in [0.2, 0.25) is 0 Å². The van der Waals surface area contributed by atoms with Gasteiger partial charge in [0.05, 0.1) is 7.11 Å². The Morgan fingerprint density at radius 3 is 2.56 bits per heavy atom. The van der Waals surface area contributed by atoms with E-state index >= 15 is 0 Å². The van der Waals surface area contributed by atoms with Crippen LogP contribution in [0.1, 0.15) is 18.9 Å². The van der Waals surface area contributed by atoms with Gasteiger partial charge in [-0.05, 0) is 34.4 Å². The lowest BCUT2D eigenvalue weighted by atomic mass is 9.99. The Kier molecular flexibility index (Phi) is 3.78. The molecule has 0 aromatic heterocycles. The van der Waals surface area contributed by atoms with Gasteiger partial charge in [0, 0.05) is 6.08 Å². The molecule has 2 rings (SSSR count). The Balaban J connectivity index is 2.46. The molecule has 0 N–H and O–H groups in total. The van der Waals surface area contributed by atoms with Gasteiger partial charge in [0.25, 0.3) is 0 Å². The lowest BCUT2D eigenvalue weighted by Crippen LogP contribution is -1.96. The second-order valence-electron chi connectivity index (χ2n) is 4.11. The van der Waals surface area contributed by atoms with Crippen LogP contribution in [0.4, 0.5) is 0 Å². The molecule has 0 saturated heterocycles. The summed E-state index contributed by atoms with van der Waals surface area (Å²) in [5.41, 5.74) is 2.06. The molecule has 0 unspecified atom stereocenters. The highest BCUT2D eigenvalue weighted by Gasteiger charge is 2.04. The van der Waals surface area contributed by atoms with E-state index in [-0.39, 0.29) is 5.97 Å². The van der Waals surface area contributed by atoms with Crippen molar-refractivity contribution in [3.63, 3.8) is 0 Å². The number of rotatable bonds is 3. The first-order valence-electron chi connectivity index (χ1n) is 6.02. The predicted octanol–water partition coefficient (Wildman–Crippen LogP) is 3.81. The molecule has 0 heterocycles. The minimum atomic E-state index is -0.306. The van der Waals surface area contributed by atoms with Crippen molar-refractivity contribution in [1.82, 2.24) is 0 Å². The van der Waals surface area contributed by atoms with Gasteiger partial charge in [0.2, 0.25) is 0 Å². The standard InChI is InChI=1S/C16H16O2/c1-3-12(11-16(17)18-2)15-9-8-13-6-4-5-7-14(13)10-15/h4-11H,3H2,1-2H3/b12-11-. The summed E-state index contributed by atoms with van der Waals surface area (Å²) in [6.45, 7) is 2.03. The van der Waals surface area contributed by atoms with Gasteiger partial charge in [0.1, 0.15) is 0 Å². The van der Waals surface area contributed by atoms with Gasteiger partial charge < -0.3 is 4.74 Å². The first-order valence-corrected chi connectivity index (χ1v) is 6.02. The first-order chi connectivity index (χ1) is 8.74. The minimum Gasteiger partial charge on any atom is -0.466 e. The van der Waals surface area contributed by atoms with Gasteiger partial charge >= 0.3 is 5.97 Å². The van der Waals surface area contributed by atoms with Gasteiger partial charge in [-0.2, -0.15) is 0 Å². The van der Waals surface area contributed by atoms with Crippen molar-refractivity contribution < 1.29 is 9.53 Å². The van der Waals surface area contributed by atoms with Crippen molar-refractivity contribution in [2.24, 2.45) is 0 Å². The maximum Gasteiger partial charge on any atom is 0.330 e.